The molecular formula is C19H19ClN6O3. The van der Waals surface area contributed by atoms with E-state index in [1.165, 1.54) is 6.92 Å². The molecule has 0 saturated heterocycles. The van der Waals surface area contributed by atoms with E-state index in [2.05, 4.69) is 31.3 Å². The van der Waals surface area contributed by atoms with Crippen LogP contribution in [0.3, 0.4) is 0 Å². The van der Waals surface area contributed by atoms with Crippen molar-refractivity contribution in [2.45, 2.75) is 25.4 Å². The van der Waals surface area contributed by atoms with Gasteiger partial charge in [0.05, 0.1) is 6.04 Å². The van der Waals surface area contributed by atoms with Crippen LogP contribution in [0.2, 0.25) is 5.02 Å². The highest BCUT2D eigenvalue weighted by Gasteiger charge is 2.24. The van der Waals surface area contributed by atoms with Gasteiger partial charge in [0.25, 0.3) is 5.95 Å². The number of amides is 1. The van der Waals surface area contributed by atoms with Crippen molar-refractivity contribution in [3.8, 4) is 11.1 Å². The van der Waals surface area contributed by atoms with Gasteiger partial charge < -0.3 is 5.11 Å². The van der Waals surface area contributed by atoms with E-state index in [1.54, 1.807) is 0 Å². The van der Waals surface area contributed by atoms with Crippen LogP contribution in [0.25, 0.3) is 11.1 Å². The molecule has 2 aromatic carbocycles. The third-order valence-electron chi connectivity index (χ3n) is 4.27. The number of aliphatic carboxylic acids is 1. The minimum atomic E-state index is -1.06. The lowest BCUT2D eigenvalue weighted by Crippen LogP contribution is -2.49. The largest absolute Gasteiger partial charge is 0.480 e. The van der Waals surface area contributed by atoms with Crippen molar-refractivity contribution in [2.24, 2.45) is 0 Å². The van der Waals surface area contributed by atoms with Crippen LogP contribution in [-0.2, 0) is 16.0 Å². The quantitative estimate of drug-likeness (QED) is 0.443. The number of carboxylic acids is 1. The third kappa shape index (κ3) is 5.59. The van der Waals surface area contributed by atoms with Gasteiger partial charge in [-0.2, -0.15) is 5.21 Å². The van der Waals surface area contributed by atoms with E-state index in [0.29, 0.717) is 5.02 Å². The number of benzene rings is 2. The van der Waals surface area contributed by atoms with E-state index in [1.807, 2.05) is 48.5 Å². The van der Waals surface area contributed by atoms with Crippen LogP contribution in [-0.4, -0.2) is 49.7 Å². The first kappa shape index (κ1) is 20.4. The second kappa shape index (κ2) is 9.26. The third-order valence-corrected chi connectivity index (χ3v) is 4.51. The Balaban J connectivity index is 1.75. The van der Waals surface area contributed by atoms with Crippen molar-refractivity contribution >= 4 is 29.4 Å². The van der Waals surface area contributed by atoms with E-state index >= 15 is 0 Å². The first-order valence-corrected chi connectivity index (χ1v) is 9.18. The van der Waals surface area contributed by atoms with Crippen molar-refractivity contribution in [3.05, 3.63) is 59.1 Å². The summed E-state index contributed by atoms with van der Waals surface area (Å²) in [5.41, 5.74) is 2.82. The Bertz CT molecular complexity index is 978. The minimum absolute atomic E-state index is 0.0149. The number of tetrazole rings is 1. The molecule has 0 saturated carbocycles. The van der Waals surface area contributed by atoms with Gasteiger partial charge >= 0.3 is 5.97 Å². The number of H-pyrrole nitrogens is 1. The number of carbonyl (C=O) groups excluding carboxylic acids is 1. The maximum Gasteiger partial charge on any atom is 0.320 e. The van der Waals surface area contributed by atoms with Crippen LogP contribution < -0.4 is 10.6 Å². The maximum atomic E-state index is 12.6. The lowest BCUT2D eigenvalue weighted by Gasteiger charge is -2.20. The molecule has 10 heteroatoms. The monoisotopic (exact) mass is 414 g/mol. The van der Waals surface area contributed by atoms with Gasteiger partial charge in [0.1, 0.15) is 6.04 Å². The van der Waals surface area contributed by atoms with E-state index in [9.17, 15) is 14.7 Å². The number of rotatable bonds is 8. The average Bonchev–Trinajstić information content (AvgIpc) is 3.21. The highest BCUT2D eigenvalue weighted by molar-refractivity contribution is 6.30. The number of carboxylic acid groups (broad SMARTS) is 1. The molecule has 0 aliphatic carbocycles. The predicted molar refractivity (Wildman–Crippen MR) is 107 cm³/mol. The molecule has 1 unspecified atom stereocenters. The van der Waals surface area contributed by atoms with Crippen molar-refractivity contribution in [1.29, 1.82) is 0 Å². The number of nitrogens with zero attached hydrogens (tertiary/aromatic N) is 3. The zero-order valence-corrected chi connectivity index (χ0v) is 16.2. The van der Waals surface area contributed by atoms with Crippen molar-refractivity contribution in [1.82, 2.24) is 25.9 Å². The molecule has 0 aliphatic rings. The number of hydrogen-bond acceptors (Lipinski definition) is 6. The average molecular weight is 415 g/mol. The highest BCUT2D eigenvalue weighted by atomic mass is 35.5. The summed E-state index contributed by atoms with van der Waals surface area (Å²) in [6.45, 7) is 1.47. The van der Waals surface area contributed by atoms with E-state index in [-0.39, 0.29) is 12.4 Å². The summed E-state index contributed by atoms with van der Waals surface area (Å²) in [6, 6.07) is 13.4. The normalized spacial score (nSPS) is 12.9. The van der Waals surface area contributed by atoms with Crippen LogP contribution in [0.4, 0.5) is 5.95 Å². The van der Waals surface area contributed by atoms with Crippen molar-refractivity contribution in [2.75, 3.05) is 5.32 Å². The molecule has 29 heavy (non-hydrogen) atoms. The summed E-state index contributed by atoms with van der Waals surface area (Å²) < 4.78 is 0. The zero-order chi connectivity index (χ0) is 20.8. The van der Waals surface area contributed by atoms with Gasteiger partial charge in [-0.25, -0.2) is 0 Å². The Labute approximate surface area is 171 Å². The number of aromatic amines is 1. The Kier molecular flexibility index (Phi) is 6.53. The number of halogens is 1. The molecule has 0 spiro atoms. The number of hydrogen-bond donors (Lipinski definition) is 4. The lowest BCUT2D eigenvalue weighted by atomic mass is 10.00. The predicted octanol–water partition coefficient (Wildman–Crippen LogP) is 2.13. The van der Waals surface area contributed by atoms with Crippen molar-refractivity contribution in [3.63, 3.8) is 0 Å². The maximum absolute atomic E-state index is 12.6. The summed E-state index contributed by atoms with van der Waals surface area (Å²) in [6.07, 6.45) is 0.275. The van der Waals surface area contributed by atoms with E-state index in [0.717, 1.165) is 16.7 Å². The molecule has 9 nitrogen and oxygen atoms in total. The van der Waals surface area contributed by atoms with Crippen LogP contribution in [0.5, 0.6) is 0 Å². The Hall–Kier alpha value is -3.30. The molecule has 1 amide bonds. The first-order valence-electron chi connectivity index (χ1n) is 8.80. The SMILES string of the molecule is C[C@H](NC(Cc1ccc(-c2cccc(Cl)c2)cc1)C(=O)Nc1nn[nH]n1)C(=O)O. The van der Waals surface area contributed by atoms with Gasteiger partial charge in [0, 0.05) is 5.02 Å². The van der Waals surface area contributed by atoms with Gasteiger partial charge in [0.2, 0.25) is 5.91 Å². The molecule has 3 aromatic rings. The molecule has 0 radical (unpaired) electrons. The van der Waals surface area contributed by atoms with Gasteiger partial charge in [-0.05, 0) is 47.4 Å². The van der Waals surface area contributed by atoms with Gasteiger partial charge in [0.15, 0.2) is 0 Å². The Morgan fingerprint density at radius 3 is 2.55 bits per heavy atom. The van der Waals surface area contributed by atoms with Crippen molar-refractivity contribution < 1.29 is 14.7 Å². The summed E-state index contributed by atoms with van der Waals surface area (Å²) in [7, 11) is 0. The minimum Gasteiger partial charge on any atom is -0.480 e. The molecule has 4 N–H and O–H groups in total. The number of nitrogens with one attached hydrogen (secondary N) is 3. The van der Waals surface area contributed by atoms with E-state index < -0.39 is 24.0 Å². The number of carbonyl (C=O) groups is 2. The standard InChI is InChI=1S/C19H19ClN6O3/c1-11(18(28)29)21-16(17(27)22-19-23-25-26-24-19)9-12-5-7-13(8-6-12)14-3-2-4-15(20)10-14/h2-8,10-11,16,21H,9H2,1H3,(H,28,29)(H2,22,23,24,25,26,27)/t11-,16?/m0/s1. The molecule has 1 aromatic heterocycles. The van der Waals surface area contributed by atoms with E-state index in [4.69, 9.17) is 11.6 Å². The fourth-order valence-electron chi connectivity index (χ4n) is 2.75. The summed E-state index contributed by atoms with van der Waals surface area (Å²) in [4.78, 5) is 23.8. The molecule has 0 bridgehead atoms. The number of anilines is 1. The molecule has 0 fully saturated rings. The summed E-state index contributed by atoms with van der Waals surface area (Å²) in [5.74, 6) is -1.50. The molecule has 150 valence electrons. The Morgan fingerprint density at radius 2 is 1.93 bits per heavy atom. The fraction of sp³-hybridized carbons (Fsp3) is 0.211. The zero-order valence-electron chi connectivity index (χ0n) is 15.5. The van der Waals surface area contributed by atoms with Crippen LogP contribution >= 0.6 is 11.6 Å². The summed E-state index contributed by atoms with van der Waals surface area (Å²) in [5, 5.41) is 28.1. The van der Waals surface area contributed by atoms with Gasteiger partial charge in [-0.3, -0.25) is 20.2 Å². The summed E-state index contributed by atoms with van der Waals surface area (Å²) >= 11 is 6.04. The molecule has 1 heterocycles. The second-order valence-corrected chi connectivity index (χ2v) is 6.85. The van der Waals surface area contributed by atoms with Gasteiger partial charge in [-0.1, -0.05) is 53.1 Å². The second-order valence-electron chi connectivity index (χ2n) is 6.42. The molecule has 3 rings (SSSR count). The van der Waals surface area contributed by atoms with Crippen LogP contribution in [0.1, 0.15) is 12.5 Å². The van der Waals surface area contributed by atoms with Gasteiger partial charge in [-0.15, -0.1) is 5.10 Å². The molecule has 2 atom stereocenters. The van der Waals surface area contributed by atoms with Crippen LogP contribution in [0, 0.1) is 0 Å². The lowest BCUT2D eigenvalue weighted by molar-refractivity contribution is -0.139. The number of aromatic nitrogens is 4. The van der Waals surface area contributed by atoms with Crippen LogP contribution in [0.15, 0.2) is 48.5 Å². The smallest absolute Gasteiger partial charge is 0.320 e. The Morgan fingerprint density at radius 1 is 1.17 bits per heavy atom. The first-order chi connectivity index (χ1) is 13.9. The molecular weight excluding hydrogens is 396 g/mol. The fourth-order valence-corrected chi connectivity index (χ4v) is 2.94. The highest BCUT2D eigenvalue weighted by Crippen LogP contribution is 2.23. The topological polar surface area (TPSA) is 133 Å². The molecule has 0 aliphatic heterocycles.